The van der Waals surface area contributed by atoms with Gasteiger partial charge in [-0.05, 0) is 24.1 Å². The van der Waals surface area contributed by atoms with E-state index in [0.717, 1.165) is 37.2 Å². The monoisotopic (exact) mass is 279 g/mol. The average molecular weight is 279 g/mol. The number of ether oxygens (including phenoxy) is 3. The van der Waals surface area contributed by atoms with Crippen LogP contribution in [0.2, 0.25) is 0 Å². The van der Waals surface area contributed by atoms with Crippen LogP contribution >= 0.6 is 0 Å². The minimum atomic E-state index is -0.315. The zero-order chi connectivity index (χ0) is 14.4. The first-order valence-electron chi connectivity index (χ1n) is 7.33. The van der Waals surface area contributed by atoms with Gasteiger partial charge in [0.25, 0.3) is 0 Å². The van der Waals surface area contributed by atoms with Crippen molar-refractivity contribution < 1.29 is 14.2 Å². The number of hydrogen-bond acceptors (Lipinski definition) is 4. The lowest BCUT2D eigenvalue weighted by molar-refractivity contribution is -0.105. The second-order valence-electron chi connectivity index (χ2n) is 5.28. The number of hydrogen-bond donors (Lipinski definition) is 1. The van der Waals surface area contributed by atoms with Crippen LogP contribution in [0, 0.1) is 0 Å². The Morgan fingerprint density at radius 1 is 1.25 bits per heavy atom. The van der Waals surface area contributed by atoms with Crippen LogP contribution in [0.4, 0.5) is 0 Å². The molecule has 2 rings (SSSR count). The normalized spacial score (nSPS) is 19.6. The lowest BCUT2D eigenvalue weighted by Gasteiger charge is -2.40. The first-order chi connectivity index (χ1) is 9.72. The fourth-order valence-electron chi connectivity index (χ4n) is 2.65. The molecule has 0 radical (unpaired) electrons. The van der Waals surface area contributed by atoms with E-state index in [4.69, 9.17) is 19.9 Å². The Kier molecular flexibility index (Phi) is 5.40. The molecule has 0 amide bonds. The summed E-state index contributed by atoms with van der Waals surface area (Å²) in [5.41, 5.74) is 7.21. The lowest BCUT2D eigenvalue weighted by atomic mass is 9.82. The van der Waals surface area contributed by atoms with Gasteiger partial charge in [-0.25, -0.2) is 0 Å². The van der Waals surface area contributed by atoms with Gasteiger partial charge in [-0.2, -0.15) is 0 Å². The van der Waals surface area contributed by atoms with Gasteiger partial charge in [0.15, 0.2) is 0 Å². The standard InChI is InChI=1S/C16H25NO3/c1-3-10-20-14-6-4-13(5-7-14)15(17)16(18-2)8-11-19-12-9-16/h4-7,15H,3,8-12,17H2,1-2H3. The molecule has 1 aromatic carbocycles. The quantitative estimate of drug-likeness (QED) is 0.870. The maximum absolute atomic E-state index is 6.44. The van der Waals surface area contributed by atoms with E-state index >= 15 is 0 Å². The molecule has 0 aromatic heterocycles. The molecule has 1 heterocycles. The van der Waals surface area contributed by atoms with E-state index in [1.807, 2.05) is 24.3 Å². The van der Waals surface area contributed by atoms with Crippen molar-refractivity contribution in [2.75, 3.05) is 26.9 Å². The highest BCUT2D eigenvalue weighted by molar-refractivity contribution is 5.30. The fourth-order valence-corrected chi connectivity index (χ4v) is 2.65. The Morgan fingerprint density at radius 2 is 1.90 bits per heavy atom. The van der Waals surface area contributed by atoms with Gasteiger partial charge in [0.1, 0.15) is 5.75 Å². The molecule has 1 aliphatic heterocycles. The number of benzene rings is 1. The van der Waals surface area contributed by atoms with E-state index in [1.54, 1.807) is 7.11 Å². The van der Waals surface area contributed by atoms with E-state index < -0.39 is 0 Å². The summed E-state index contributed by atoms with van der Waals surface area (Å²) in [6.07, 6.45) is 2.67. The molecule has 1 aliphatic rings. The highest BCUT2D eigenvalue weighted by atomic mass is 16.5. The third kappa shape index (κ3) is 3.32. The molecule has 0 saturated carbocycles. The van der Waals surface area contributed by atoms with Crippen molar-refractivity contribution in [3.05, 3.63) is 29.8 Å². The SMILES string of the molecule is CCCOc1ccc(C(N)C2(OC)CCOCC2)cc1. The molecule has 2 N–H and O–H groups in total. The molecule has 20 heavy (non-hydrogen) atoms. The second kappa shape index (κ2) is 7.07. The summed E-state index contributed by atoms with van der Waals surface area (Å²) >= 11 is 0. The first-order valence-corrected chi connectivity index (χ1v) is 7.33. The molecule has 1 fully saturated rings. The zero-order valence-electron chi connectivity index (χ0n) is 12.4. The molecule has 0 spiro atoms. The average Bonchev–Trinajstić information content (AvgIpc) is 2.53. The molecule has 4 nitrogen and oxygen atoms in total. The van der Waals surface area contributed by atoms with Crippen LogP contribution in [-0.4, -0.2) is 32.5 Å². The predicted molar refractivity (Wildman–Crippen MR) is 78.9 cm³/mol. The maximum Gasteiger partial charge on any atom is 0.119 e. The summed E-state index contributed by atoms with van der Waals surface area (Å²) in [4.78, 5) is 0. The summed E-state index contributed by atoms with van der Waals surface area (Å²) in [5.74, 6) is 0.890. The lowest BCUT2D eigenvalue weighted by Crippen LogP contribution is -2.47. The van der Waals surface area contributed by atoms with Gasteiger partial charge in [-0.3, -0.25) is 0 Å². The third-order valence-electron chi connectivity index (χ3n) is 4.02. The summed E-state index contributed by atoms with van der Waals surface area (Å²) in [7, 11) is 1.74. The van der Waals surface area contributed by atoms with Gasteiger partial charge in [-0.1, -0.05) is 19.1 Å². The van der Waals surface area contributed by atoms with Crippen LogP contribution in [0.15, 0.2) is 24.3 Å². The van der Waals surface area contributed by atoms with Crippen molar-refractivity contribution in [2.24, 2.45) is 5.73 Å². The van der Waals surface area contributed by atoms with E-state index in [2.05, 4.69) is 6.92 Å². The number of nitrogens with two attached hydrogens (primary N) is 1. The Bertz CT molecular complexity index is 399. The minimum absolute atomic E-state index is 0.142. The van der Waals surface area contributed by atoms with Crippen molar-refractivity contribution in [3.63, 3.8) is 0 Å². The molecule has 4 heteroatoms. The van der Waals surface area contributed by atoms with Gasteiger partial charge >= 0.3 is 0 Å². The van der Waals surface area contributed by atoms with Gasteiger partial charge < -0.3 is 19.9 Å². The molecule has 0 bridgehead atoms. The molecule has 1 unspecified atom stereocenters. The maximum atomic E-state index is 6.44. The van der Waals surface area contributed by atoms with Gasteiger partial charge in [-0.15, -0.1) is 0 Å². The van der Waals surface area contributed by atoms with Crippen molar-refractivity contribution in [1.29, 1.82) is 0 Å². The van der Waals surface area contributed by atoms with Crippen molar-refractivity contribution in [2.45, 2.75) is 37.8 Å². The highest BCUT2D eigenvalue weighted by Crippen LogP contribution is 2.36. The topological polar surface area (TPSA) is 53.7 Å². The summed E-state index contributed by atoms with van der Waals surface area (Å²) in [5, 5.41) is 0. The van der Waals surface area contributed by atoms with Crippen molar-refractivity contribution >= 4 is 0 Å². The number of rotatable bonds is 6. The zero-order valence-corrected chi connectivity index (χ0v) is 12.4. The van der Waals surface area contributed by atoms with Crippen molar-refractivity contribution in [1.82, 2.24) is 0 Å². The second-order valence-corrected chi connectivity index (χ2v) is 5.28. The van der Waals surface area contributed by atoms with E-state index in [1.165, 1.54) is 0 Å². The molecule has 1 saturated heterocycles. The van der Waals surface area contributed by atoms with Gasteiger partial charge in [0.2, 0.25) is 0 Å². The van der Waals surface area contributed by atoms with Crippen LogP contribution in [0.1, 0.15) is 37.8 Å². The molecule has 112 valence electrons. The Hall–Kier alpha value is -1.10. The molecular weight excluding hydrogens is 254 g/mol. The molecule has 1 atom stereocenters. The van der Waals surface area contributed by atoms with E-state index in [9.17, 15) is 0 Å². The Labute approximate surface area is 121 Å². The molecule has 0 aliphatic carbocycles. The minimum Gasteiger partial charge on any atom is -0.494 e. The van der Waals surface area contributed by atoms with E-state index in [-0.39, 0.29) is 11.6 Å². The van der Waals surface area contributed by atoms with Crippen LogP contribution in [-0.2, 0) is 9.47 Å². The smallest absolute Gasteiger partial charge is 0.119 e. The number of methoxy groups -OCH3 is 1. The largest absolute Gasteiger partial charge is 0.494 e. The van der Waals surface area contributed by atoms with Gasteiger partial charge in [0, 0.05) is 33.2 Å². The fraction of sp³-hybridized carbons (Fsp3) is 0.625. The van der Waals surface area contributed by atoms with Crippen LogP contribution in [0.25, 0.3) is 0 Å². The van der Waals surface area contributed by atoms with Crippen LogP contribution in [0.3, 0.4) is 0 Å². The van der Waals surface area contributed by atoms with Crippen molar-refractivity contribution in [3.8, 4) is 5.75 Å². The van der Waals surface area contributed by atoms with E-state index in [0.29, 0.717) is 13.2 Å². The summed E-state index contributed by atoms with van der Waals surface area (Å²) in [6.45, 7) is 4.25. The molecular formula is C16H25NO3. The summed E-state index contributed by atoms with van der Waals surface area (Å²) in [6, 6.07) is 7.88. The Balaban J connectivity index is 2.09. The third-order valence-corrected chi connectivity index (χ3v) is 4.02. The molecule has 1 aromatic rings. The van der Waals surface area contributed by atoms with Gasteiger partial charge in [0.05, 0.1) is 18.2 Å². The Morgan fingerprint density at radius 3 is 2.45 bits per heavy atom. The predicted octanol–water partition coefficient (Wildman–Crippen LogP) is 2.67. The summed E-state index contributed by atoms with van der Waals surface area (Å²) < 4.78 is 16.8. The van der Waals surface area contributed by atoms with Crippen LogP contribution in [0.5, 0.6) is 5.75 Å². The first kappa shape index (κ1) is 15.3. The highest BCUT2D eigenvalue weighted by Gasteiger charge is 2.39. The van der Waals surface area contributed by atoms with Crippen LogP contribution < -0.4 is 10.5 Å².